The van der Waals surface area contributed by atoms with Crippen molar-refractivity contribution in [2.24, 2.45) is 5.92 Å². The van der Waals surface area contributed by atoms with E-state index in [2.05, 4.69) is 22.8 Å². The standard InChI is InChI=1S/C18H28N2O2.ClH/c1-2-22-14-17-6-4-3-5-16(17)13-20-18(21)8-7-15-9-11-19-12-10-15;/h3-6,15,19H,2,7-14H2,1H3,(H,20,21);1H. The summed E-state index contributed by atoms with van der Waals surface area (Å²) in [5.41, 5.74) is 2.30. The van der Waals surface area contributed by atoms with Gasteiger partial charge in [0.2, 0.25) is 5.91 Å². The molecular weight excluding hydrogens is 312 g/mol. The maximum Gasteiger partial charge on any atom is 0.220 e. The molecule has 130 valence electrons. The van der Waals surface area contributed by atoms with Crippen LogP contribution in [-0.4, -0.2) is 25.6 Å². The highest BCUT2D eigenvalue weighted by Crippen LogP contribution is 2.17. The number of piperidine rings is 1. The van der Waals surface area contributed by atoms with Crippen molar-refractivity contribution in [2.45, 2.75) is 45.8 Å². The van der Waals surface area contributed by atoms with Gasteiger partial charge >= 0.3 is 0 Å². The van der Waals surface area contributed by atoms with Crippen molar-refractivity contribution < 1.29 is 9.53 Å². The third kappa shape index (κ3) is 7.34. The van der Waals surface area contributed by atoms with Crippen LogP contribution in [0.15, 0.2) is 24.3 Å². The predicted octanol–water partition coefficient (Wildman–Crippen LogP) is 3.04. The number of rotatable bonds is 8. The van der Waals surface area contributed by atoms with Crippen molar-refractivity contribution in [1.29, 1.82) is 0 Å². The highest BCUT2D eigenvalue weighted by atomic mass is 35.5. The highest BCUT2D eigenvalue weighted by molar-refractivity contribution is 5.85. The first-order valence-electron chi connectivity index (χ1n) is 8.41. The number of nitrogens with one attached hydrogen (secondary N) is 2. The molecule has 0 atom stereocenters. The summed E-state index contributed by atoms with van der Waals surface area (Å²) in [6.07, 6.45) is 4.04. The number of ether oxygens (including phenoxy) is 1. The maximum atomic E-state index is 12.0. The van der Waals surface area contributed by atoms with Gasteiger partial charge in [0.1, 0.15) is 0 Å². The fraction of sp³-hybridized carbons (Fsp3) is 0.611. The fourth-order valence-corrected chi connectivity index (χ4v) is 2.87. The maximum absolute atomic E-state index is 12.0. The quantitative estimate of drug-likeness (QED) is 0.764. The molecule has 0 unspecified atom stereocenters. The van der Waals surface area contributed by atoms with Crippen LogP contribution in [0.5, 0.6) is 0 Å². The summed E-state index contributed by atoms with van der Waals surface area (Å²) < 4.78 is 5.48. The lowest BCUT2D eigenvalue weighted by molar-refractivity contribution is -0.121. The predicted molar refractivity (Wildman–Crippen MR) is 95.7 cm³/mol. The molecule has 1 saturated heterocycles. The van der Waals surface area contributed by atoms with Gasteiger partial charge in [-0.15, -0.1) is 12.4 Å². The lowest BCUT2D eigenvalue weighted by Crippen LogP contribution is -2.29. The fourth-order valence-electron chi connectivity index (χ4n) is 2.87. The normalized spacial score (nSPS) is 15.0. The minimum atomic E-state index is 0. The van der Waals surface area contributed by atoms with Crippen molar-refractivity contribution in [1.82, 2.24) is 10.6 Å². The summed E-state index contributed by atoms with van der Waals surface area (Å²) in [6, 6.07) is 8.14. The lowest BCUT2D eigenvalue weighted by Gasteiger charge is -2.22. The Morgan fingerprint density at radius 2 is 1.96 bits per heavy atom. The number of hydrogen-bond donors (Lipinski definition) is 2. The molecule has 0 radical (unpaired) electrons. The van der Waals surface area contributed by atoms with Crippen molar-refractivity contribution >= 4 is 18.3 Å². The first kappa shape index (κ1) is 19.9. The second-order valence-electron chi connectivity index (χ2n) is 5.91. The van der Waals surface area contributed by atoms with E-state index in [0.29, 0.717) is 32.1 Å². The van der Waals surface area contributed by atoms with Crippen LogP contribution >= 0.6 is 12.4 Å². The van der Waals surface area contributed by atoms with Gasteiger partial charge in [0.25, 0.3) is 0 Å². The van der Waals surface area contributed by atoms with Crippen LogP contribution in [0, 0.1) is 5.92 Å². The smallest absolute Gasteiger partial charge is 0.220 e. The summed E-state index contributed by atoms with van der Waals surface area (Å²) in [5.74, 6) is 0.863. The third-order valence-corrected chi connectivity index (χ3v) is 4.29. The molecule has 1 aliphatic heterocycles. The average Bonchev–Trinajstić information content (AvgIpc) is 2.58. The van der Waals surface area contributed by atoms with Gasteiger partial charge in [-0.1, -0.05) is 24.3 Å². The van der Waals surface area contributed by atoms with Crippen LogP contribution in [0.2, 0.25) is 0 Å². The van der Waals surface area contributed by atoms with Crippen LogP contribution in [-0.2, 0) is 22.7 Å². The number of amides is 1. The molecule has 0 aromatic heterocycles. The molecule has 1 heterocycles. The van der Waals surface area contributed by atoms with Crippen LogP contribution < -0.4 is 10.6 Å². The van der Waals surface area contributed by atoms with Gasteiger partial charge in [-0.3, -0.25) is 4.79 Å². The Labute approximate surface area is 145 Å². The van der Waals surface area contributed by atoms with Gasteiger partial charge in [-0.25, -0.2) is 0 Å². The summed E-state index contributed by atoms with van der Waals surface area (Å²) in [4.78, 5) is 12.0. The van der Waals surface area contributed by atoms with Crippen LogP contribution in [0.1, 0.15) is 43.7 Å². The summed E-state index contributed by atoms with van der Waals surface area (Å²) in [7, 11) is 0. The number of halogens is 1. The van der Waals surface area contributed by atoms with E-state index in [-0.39, 0.29) is 18.3 Å². The van der Waals surface area contributed by atoms with Crippen molar-refractivity contribution in [3.63, 3.8) is 0 Å². The Morgan fingerprint density at radius 3 is 2.65 bits per heavy atom. The van der Waals surface area contributed by atoms with E-state index < -0.39 is 0 Å². The Morgan fingerprint density at radius 1 is 1.26 bits per heavy atom. The second-order valence-corrected chi connectivity index (χ2v) is 5.91. The minimum Gasteiger partial charge on any atom is -0.377 e. The van der Waals surface area contributed by atoms with Gasteiger partial charge in [-0.2, -0.15) is 0 Å². The number of carbonyl (C=O) groups is 1. The van der Waals surface area contributed by atoms with Crippen molar-refractivity contribution in [3.8, 4) is 0 Å². The SMILES string of the molecule is CCOCc1ccccc1CNC(=O)CCC1CCNCC1.Cl. The highest BCUT2D eigenvalue weighted by Gasteiger charge is 2.14. The van der Waals surface area contributed by atoms with Crippen LogP contribution in [0.25, 0.3) is 0 Å². The van der Waals surface area contributed by atoms with Crippen molar-refractivity contribution in [3.05, 3.63) is 35.4 Å². The molecule has 1 aromatic carbocycles. The van der Waals surface area contributed by atoms with E-state index in [4.69, 9.17) is 4.74 Å². The number of carbonyl (C=O) groups excluding carboxylic acids is 1. The second kappa shape index (κ2) is 11.4. The van der Waals surface area contributed by atoms with Gasteiger partial charge in [-0.05, 0) is 56.3 Å². The number of benzene rings is 1. The van der Waals surface area contributed by atoms with E-state index in [9.17, 15) is 4.79 Å². The molecule has 23 heavy (non-hydrogen) atoms. The van der Waals surface area contributed by atoms with E-state index >= 15 is 0 Å². The van der Waals surface area contributed by atoms with E-state index in [1.807, 2.05) is 19.1 Å². The largest absolute Gasteiger partial charge is 0.377 e. The molecule has 1 amide bonds. The molecule has 4 nitrogen and oxygen atoms in total. The zero-order chi connectivity index (χ0) is 15.6. The molecule has 1 aromatic rings. The summed E-state index contributed by atoms with van der Waals surface area (Å²) in [5, 5.41) is 6.40. The zero-order valence-corrected chi connectivity index (χ0v) is 14.8. The van der Waals surface area contributed by atoms with Gasteiger partial charge in [0, 0.05) is 19.6 Å². The van der Waals surface area contributed by atoms with Gasteiger partial charge in [0.05, 0.1) is 6.61 Å². The first-order chi connectivity index (χ1) is 10.8. The topological polar surface area (TPSA) is 50.4 Å². The average molecular weight is 341 g/mol. The molecule has 1 fully saturated rings. The molecular formula is C18H29ClN2O2. The van der Waals surface area contributed by atoms with Crippen LogP contribution in [0.4, 0.5) is 0 Å². The Kier molecular flexibility index (Phi) is 9.92. The molecule has 2 N–H and O–H groups in total. The van der Waals surface area contributed by atoms with Crippen LogP contribution in [0.3, 0.4) is 0 Å². The monoisotopic (exact) mass is 340 g/mol. The van der Waals surface area contributed by atoms with E-state index in [0.717, 1.165) is 30.6 Å². The Hall–Kier alpha value is -1.10. The molecule has 0 aliphatic carbocycles. The molecule has 0 spiro atoms. The summed E-state index contributed by atoms with van der Waals surface area (Å²) >= 11 is 0. The number of hydrogen-bond acceptors (Lipinski definition) is 3. The molecule has 5 heteroatoms. The van der Waals surface area contributed by atoms with E-state index in [1.54, 1.807) is 0 Å². The molecule has 1 aliphatic rings. The van der Waals surface area contributed by atoms with Gasteiger partial charge in [0.15, 0.2) is 0 Å². The molecule has 0 bridgehead atoms. The van der Waals surface area contributed by atoms with E-state index in [1.165, 1.54) is 12.8 Å². The molecule has 0 saturated carbocycles. The third-order valence-electron chi connectivity index (χ3n) is 4.29. The Bertz CT molecular complexity index is 462. The van der Waals surface area contributed by atoms with Gasteiger partial charge < -0.3 is 15.4 Å². The zero-order valence-electron chi connectivity index (χ0n) is 14.0. The molecule has 2 rings (SSSR count). The first-order valence-corrected chi connectivity index (χ1v) is 8.41. The Balaban J connectivity index is 0.00000264. The lowest BCUT2D eigenvalue weighted by atomic mass is 9.93. The van der Waals surface area contributed by atoms with Crippen molar-refractivity contribution in [2.75, 3.05) is 19.7 Å². The minimum absolute atomic E-state index is 0. The summed E-state index contributed by atoms with van der Waals surface area (Å²) in [6.45, 7) is 6.09.